The Labute approximate surface area is 147 Å². The molecule has 0 N–H and O–H groups in total. The third-order valence-corrected chi connectivity index (χ3v) is 7.05. The molecule has 25 heavy (non-hydrogen) atoms. The third-order valence-electron chi connectivity index (χ3n) is 5.20. The average Bonchev–Trinajstić information content (AvgIpc) is 2.59. The number of hydrogen-bond donors (Lipinski definition) is 0. The Bertz CT molecular complexity index is 976. The Hall–Kier alpha value is -2.40. The number of sulfonamides is 1. The summed E-state index contributed by atoms with van der Waals surface area (Å²) in [6.07, 6.45) is 1.16. The predicted molar refractivity (Wildman–Crippen MR) is 95.6 cm³/mol. The summed E-state index contributed by atoms with van der Waals surface area (Å²) in [4.78, 5) is 13.0. The van der Waals surface area contributed by atoms with Gasteiger partial charge in [-0.25, -0.2) is 12.7 Å². The highest BCUT2D eigenvalue weighted by atomic mass is 32.2. The number of carbonyl (C=O) groups is 1. The zero-order valence-electron chi connectivity index (χ0n) is 14.0. The summed E-state index contributed by atoms with van der Waals surface area (Å²) in [5.41, 5.74) is 3.53. The van der Waals surface area contributed by atoms with Gasteiger partial charge in [0.05, 0.1) is 10.9 Å². The average molecular weight is 353 g/mol. The van der Waals surface area contributed by atoms with Crippen LogP contribution in [0.5, 0.6) is 0 Å². The number of hydrogen-bond acceptors (Lipinski definition) is 3. The molecular formula is C20H19NO3S. The summed E-state index contributed by atoms with van der Waals surface area (Å²) in [5.74, 6) is -0.566. The van der Waals surface area contributed by atoms with Gasteiger partial charge in [0.25, 0.3) is 15.9 Å². The fourth-order valence-corrected chi connectivity index (χ4v) is 5.49. The number of piperidine rings is 1. The van der Waals surface area contributed by atoms with E-state index in [2.05, 4.69) is 6.58 Å². The highest BCUT2D eigenvalue weighted by Crippen LogP contribution is 2.44. The molecule has 2 aliphatic rings. The molecule has 2 aromatic carbocycles. The summed E-state index contributed by atoms with van der Waals surface area (Å²) in [5, 5.41) is 0. The monoisotopic (exact) mass is 353 g/mol. The molecule has 1 heterocycles. The van der Waals surface area contributed by atoms with E-state index in [9.17, 15) is 13.2 Å². The van der Waals surface area contributed by atoms with E-state index in [0.717, 1.165) is 21.0 Å². The molecule has 1 fully saturated rings. The van der Waals surface area contributed by atoms with Gasteiger partial charge in [-0.3, -0.25) is 4.79 Å². The Morgan fingerprint density at radius 1 is 1.08 bits per heavy atom. The van der Waals surface area contributed by atoms with E-state index in [0.29, 0.717) is 18.4 Å². The van der Waals surface area contributed by atoms with E-state index >= 15 is 0 Å². The Balaban J connectivity index is 1.80. The third kappa shape index (κ3) is 2.42. The highest BCUT2D eigenvalue weighted by Gasteiger charge is 2.46. The number of rotatable bonds is 2. The lowest BCUT2D eigenvalue weighted by Gasteiger charge is -2.43. The van der Waals surface area contributed by atoms with Crippen LogP contribution in [0.4, 0.5) is 0 Å². The molecule has 0 saturated carbocycles. The molecule has 128 valence electrons. The van der Waals surface area contributed by atoms with Gasteiger partial charge < -0.3 is 0 Å². The molecule has 4 nitrogen and oxygen atoms in total. The first-order chi connectivity index (χ1) is 11.9. The van der Waals surface area contributed by atoms with Crippen molar-refractivity contribution in [1.82, 2.24) is 4.31 Å². The maximum atomic E-state index is 13.1. The quantitative estimate of drug-likeness (QED) is 0.779. The van der Waals surface area contributed by atoms with Gasteiger partial charge in [0.2, 0.25) is 0 Å². The molecule has 0 aromatic heterocycles. The molecule has 0 unspecified atom stereocenters. The van der Waals surface area contributed by atoms with Gasteiger partial charge in [-0.05, 0) is 43.0 Å². The number of carbonyl (C=O) groups excluding carboxylic acids is 1. The minimum atomic E-state index is -3.89. The smallest absolute Gasteiger partial charge is 0.267 e. The molecule has 4 rings (SSSR count). The van der Waals surface area contributed by atoms with Crippen LogP contribution in [0, 0.1) is 6.92 Å². The summed E-state index contributed by atoms with van der Waals surface area (Å²) < 4.78 is 27.3. The van der Waals surface area contributed by atoms with Gasteiger partial charge in [-0.15, -0.1) is 0 Å². The number of fused-ring (bicyclic) bond motifs is 4. The van der Waals surface area contributed by atoms with E-state index < -0.39 is 15.9 Å². The van der Waals surface area contributed by atoms with E-state index in [1.165, 1.54) is 0 Å². The van der Waals surface area contributed by atoms with Crippen molar-refractivity contribution in [2.45, 2.75) is 36.6 Å². The minimum Gasteiger partial charge on any atom is -0.268 e. The molecule has 1 aliphatic heterocycles. The van der Waals surface area contributed by atoms with Crippen molar-refractivity contribution >= 4 is 15.9 Å². The van der Waals surface area contributed by atoms with Crippen LogP contribution in [0.2, 0.25) is 0 Å². The lowest BCUT2D eigenvalue weighted by Crippen LogP contribution is -2.52. The van der Waals surface area contributed by atoms with Crippen LogP contribution < -0.4 is 0 Å². The molecule has 1 saturated heterocycles. The first kappa shape index (κ1) is 16.1. The van der Waals surface area contributed by atoms with Crippen LogP contribution in [0.3, 0.4) is 0 Å². The Kier molecular flexibility index (Phi) is 3.58. The van der Waals surface area contributed by atoms with E-state index in [4.69, 9.17) is 0 Å². The zero-order valence-corrected chi connectivity index (χ0v) is 14.8. The maximum absolute atomic E-state index is 13.1. The fourth-order valence-electron chi connectivity index (χ4n) is 3.89. The second-order valence-electron chi connectivity index (χ2n) is 6.79. The Morgan fingerprint density at radius 3 is 2.48 bits per heavy atom. The van der Waals surface area contributed by atoms with Gasteiger partial charge in [0.1, 0.15) is 0 Å². The number of aryl methyl sites for hydroxylation is 1. The van der Waals surface area contributed by atoms with E-state index in [1.54, 1.807) is 24.3 Å². The summed E-state index contributed by atoms with van der Waals surface area (Å²) in [6, 6.07) is 14.2. The van der Waals surface area contributed by atoms with Crippen molar-refractivity contribution in [2.75, 3.05) is 0 Å². The molecule has 1 aliphatic carbocycles. The lowest BCUT2D eigenvalue weighted by atomic mass is 9.74. The van der Waals surface area contributed by atoms with Gasteiger partial charge >= 0.3 is 0 Å². The standard InChI is InChI=1S/C20H19NO3S/c1-13-7-9-17(10-8-13)25(23,24)21-16-11-15-5-3-4-6-18(15)19(12-16)14(2)20(21)22/h3-10,16,19H,2,11-12H2,1H3/t16-,19+/m1/s1. The van der Waals surface area contributed by atoms with Crippen LogP contribution in [-0.4, -0.2) is 24.7 Å². The van der Waals surface area contributed by atoms with Crippen LogP contribution >= 0.6 is 0 Å². The van der Waals surface area contributed by atoms with Crippen molar-refractivity contribution in [1.29, 1.82) is 0 Å². The van der Waals surface area contributed by atoms with Crippen LogP contribution in [0.25, 0.3) is 0 Å². The fraction of sp³-hybridized carbons (Fsp3) is 0.250. The van der Waals surface area contributed by atoms with Gasteiger partial charge in [0.15, 0.2) is 0 Å². The van der Waals surface area contributed by atoms with E-state index in [-0.39, 0.29) is 16.9 Å². The maximum Gasteiger partial charge on any atom is 0.267 e. The van der Waals surface area contributed by atoms with Crippen molar-refractivity contribution in [3.05, 3.63) is 77.4 Å². The number of benzene rings is 2. The zero-order chi connectivity index (χ0) is 17.8. The van der Waals surface area contributed by atoms with Gasteiger partial charge in [0, 0.05) is 11.5 Å². The first-order valence-corrected chi connectivity index (χ1v) is 9.75. The molecule has 2 bridgehead atoms. The molecule has 2 atom stereocenters. The molecule has 1 amide bonds. The lowest BCUT2D eigenvalue weighted by molar-refractivity contribution is -0.126. The normalized spacial score (nSPS) is 22.7. The summed E-state index contributed by atoms with van der Waals surface area (Å²) in [7, 11) is -3.89. The molecule has 0 spiro atoms. The molecule has 5 heteroatoms. The second-order valence-corrected chi connectivity index (χ2v) is 8.60. The van der Waals surface area contributed by atoms with Gasteiger partial charge in [-0.2, -0.15) is 0 Å². The van der Waals surface area contributed by atoms with Crippen LogP contribution in [0.15, 0.2) is 65.6 Å². The number of nitrogens with zero attached hydrogens (tertiary/aromatic N) is 1. The minimum absolute atomic E-state index is 0.0908. The van der Waals surface area contributed by atoms with Crippen molar-refractivity contribution < 1.29 is 13.2 Å². The predicted octanol–water partition coefficient (Wildman–Crippen LogP) is 3.18. The molecule has 0 radical (unpaired) electrons. The van der Waals surface area contributed by atoms with Crippen molar-refractivity contribution in [2.24, 2.45) is 0 Å². The Morgan fingerprint density at radius 2 is 1.76 bits per heavy atom. The SMILES string of the molecule is C=C1C(=O)N(S(=O)(=O)c2ccc(C)cc2)[C@@H]2Cc3ccccc3[C@H]1C2. The topological polar surface area (TPSA) is 54.5 Å². The first-order valence-electron chi connectivity index (χ1n) is 8.31. The van der Waals surface area contributed by atoms with Crippen LogP contribution in [-0.2, 0) is 21.2 Å². The second kappa shape index (κ2) is 5.56. The number of amides is 1. The molecule has 2 aromatic rings. The summed E-state index contributed by atoms with van der Waals surface area (Å²) in [6.45, 7) is 5.83. The molecular weight excluding hydrogens is 334 g/mol. The van der Waals surface area contributed by atoms with Gasteiger partial charge in [-0.1, -0.05) is 48.5 Å². The summed E-state index contributed by atoms with van der Waals surface area (Å²) >= 11 is 0. The largest absolute Gasteiger partial charge is 0.268 e. The van der Waals surface area contributed by atoms with Crippen LogP contribution in [0.1, 0.15) is 29.0 Å². The van der Waals surface area contributed by atoms with Crippen molar-refractivity contribution in [3.8, 4) is 0 Å². The van der Waals surface area contributed by atoms with Crippen molar-refractivity contribution in [3.63, 3.8) is 0 Å². The van der Waals surface area contributed by atoms with E-state index in [1.807, 2.05) is 31.2 Å². The highest BCUT2D eigenvalue weighted by molar-refractivity contribution is 7.89.